The molecule has 1 aromatic heterocycles. The summed E-state index contributed by atoms with van der Waals surface area (Å²) in [6, 6.07) is 6.42. The van der Waals surface area contributed by atoms with Gasteiger partial charge < -0.3 is 24.4 Å². The number of sulfonamides is 1. The summed E-state index contributed by atoms with van der Waals surface area (Å²) < 4.78 is 43.5. The van der Waals surface area contributed by atoms with Crippen molar-refractivity contribution in [3.05, 3.63) is 30.1 Å². The van der Waals surface area contributed by atoms with Crippen molar-refractivity contribution in [3.8, 4) is 11.5 Å². The van der Waals surface area contributed by atoms with Gasteiger partial charge in [-0.3, -0.25) is 0 Å². The molecule has 30 heavy (non-hydrogen) atoms. The number of ether oxygens (including phenoxy) is 3. The number of rotatable bonds is 9. The maximum atomic E-state index is 12.6. The van der Waals surface area contributed by atoms with E-state index in [1.165, 1.54) is 26.4 Å². The Hall–Kier alpha value is -2.63. The largest absolute Gasteiger partial charge is 0.497 e. The Bertz CT molecular complexity index is 964. The van der Waals surface area contributed by atoms with Crippen molar-refractivity contribution in [1.82, 2.24) is 14.7 Å². The minimum absolute atomic E-state index is 0.0540. The number of hydrogen-bond acceptors (Lipinski definition) is 9. The Morgan fingerprint density at radius 1 is 1.10 bits per heavy atom. The van der Waals surface area contributed by atoms with E-state index in [2.05, 4.69) is 24.9 Å². The maximum absolute atomic E-state index is 12.6. The lowest BCUT2D eigenvalue weighted by Crippen LogP contribution is -2.37. The summed E-state index contributed by atoms with van der Waals surface area (Å²) >= 11 is 0. The van der Waals surface area contributed by atoms with E-state index < -0.39 is 10.0 Å². The summed E-state index contributed by atoms with van der Waals surface area (Å²) in [7, 11) is -0.820. The van der Waals surface area contributed by atoms with Crippen LogP contribution in [0.4, 0.5) is 11.6 Å². The van der Waals surface area contributed by atoms with E-state index in [1.807, 2.05) is 13.0 Å². The number of aryl methyl sites for hydroxylation is 1. The first-order chi connectivity index (χ1) is 14.4. The van der Waals surface area contributed by atoms with Crippen molar-refractivity contribution in [2.45, 2.75) is 11.8 Å². The van der Waals surface area contributed by atoms with E-state index in [0.717, 1.165) is 18.9 Å². The number of anilines is 2. The van der Waals surface area contributed by atoms with Crippen LogP contribution in [0.15, 0.2) is 29.2 Å². The lowest BCUT2D eigenvalue weighted by atomic mass is 10.3. The topological polar surface area (TPSA) is 115 Å². The summed E-state index contributed by atoms with van der Waals surface area (Å²) in [5, 5.41) is 3.15. The number of benzene rings is 1. The van der Waals surface area contributed by atoms with Crippen LogP contribution in [0.25, 0.3) is 0 Å². The SMILES string of the molecule is COc1ccc(S(=O)(=O)NCCNc2cc(N3CCOCC3)nc(C)n2)c(OC)c1. The second kappa shape index (κ2) is 9.92. The monoisotopic (exact) mass is 437 g/mol. The van der Waals surface area contributed by atoms with Crippen molar-refractivity contribution < 1.29 is 22.6 Å². The molecule has 2 heterocycles. The first kappa shape index (κ1) is 22.1. The molecule has 1 fully saturated rings. The highest BCUT2D eigenvalue weighted by molar-refractivity contribution is 7.89. The predicted molar refractivity (Wildman–Crippen MR) is 113 cm³/mol. The van der Waals surface area contributed by atoms with Crippen molar-refractivity contribution in [2.24, 2.45) is 0 Å². The van der Waals surface area contributed by atoms with Gasteiger partial charge in [0.25, 0.3) is 0 Å². The molecule has 0 bridgehead atoms. The van der Waals surface area contributed by atoms with Gasteiger partial charge in [0.05, 0.1) is 27.4 Å². The van der Waals surface area contributed by atoms with Crippen molar-refractivity contribution >= 4 is 21.7 Å². The average Bonchev–Trinajstić information content (AvgIpc) is 2.76. The molecule has 0 radical (unpaired) electrons. The Morgan fingerprint density at radius 2 is 1.87 bits per heavy atom. The standard InChI is InChI=1S/C19H27N5O5S/c1-14-22-18(13-19(23-14)24-8-10-29-11-9-24)20-6-7-21-30(25,26)17-5-4-15(27-2)12-16(17)28-3/h4-5,12-13,21H,6-11H2,1-3H3,(H,20,22,23). The van der Waals surface area contributed by atoms with Crippen LogP contribution in [-0.4, -0.2) is 72.0 Å². The molecule has 0 amide bonds. The van der Waals surface area contributed by atoms with Crippen LogP contribution in [0, 0.1) is 6.92 Å². The van der Waals surface area contributed by atoms with E-state index in [0.29, 0.717) is 37.2 Å². The molecule has 0 saturated carbocycles. The number of morpholine rings is 1. The van der Waals surface area contributed by atoms with Gasteiger partial charge in [-0.1, -0.05) is 0 Å². The lowest BCUT2D eigenvalue weighted by molar-refractivity contribution is 0.122. The summed E-state index contributed by atoms with van der Waals surface area (Å²) in [6.45, 7) is 5.25. The van der Waals surface area contributed by atoms with Crippen LogP contribution < -0.4 is 24.4 Å². The smallest absolute Gasteiger partial charge is 0.244 e. The Morgan fingerprint density at radius 3 is 2.57 bits per heavy atom. The zero-order valence-electron chi connectivity index (χ0n) is 17.3. The van der Waals surface area contributed by atoms with Gasteiger partial charge in [-0.15, -0.1) is 0 Å². The minimum atomic E-state index is -3.74. The molecule has 11 heteroatoms. The van der Waals surface area contributed by atoms with Gasteiger partial charge in [-0.2, -0.15) is 0 Å². The molecule has 1 aromatic carbocycles. The number of nitrogens with zero attached hydrogens (tertiary/aromatic N) is 3. The fourth-order valence-corrected chi connectivity index (χ4v) is 4.23. The third kappa shape index (κ3) is 5.49. The van der Waals surface area contributed by atoms with E-state index >= 15 is 0 Å². The number of aromatic nitrogens is 2. The first-order valence-electron chi connectivity index (χ1n) is 9.57. The maximum Gasteiger partial charge on any atom is 0.244 e. The Labute approximate surface area is 176 Å². The third-order valence-electron chi connectivity index (χ3n) is 4.54. The van der Waals surface area contributed by atoms with Gasteiger partial charge >= 0.3 is 0 Å². The Kier molecular flexibility index (Phi) is 7.29. The van der Waals surface area contributed by atoms with Crippen molar-refractivity contribution in [3.63, 3.8) is 0 Å². The molecule has 1 aliphatic rings. The molecular weight excluding hydrogens is 410 g/mol. The van der Waals surface area contributed by atoms with Gasteiger partial charge in [-0.25, -0.2) is 23.1 Å². The van der Waals surface area contributed by atoms with E-state index in [-0.39, 0.29) is 17.2 Å². The molecule has 10 nitrogen and oxygen atoms in total. The van der Waals surface area contributed by atoms with E-state index in [9.17, 15) is 8.42 Å². The first-order valence-corrected chi connectivity index (χ1v) is 11.0. The Balaban J connectivity index is 1.60. The predicted octanol–water partition coefficient (Wildman–Crippen LogP) is 1.03. The van der Waals surface area contributed by atoms with Crippen LogP contribution >= 0.6 is 0 Å². The van der Waals surface area contributed by atoms with Crippen LogP contribution in [0.2, 0.25) is 0 Å². The zero-order chi connectivity index (χ0) is 21.6. The number of hydrogen-bond donors (Lipinski definition) is 2. The average molecular weight is 438 g/mol. The number of methoxy groups -OCH3 is 2. The highest BCUT2D eigenvalue weighted by atomic mass is 32.2. The fourth-order valence-electron chi connectivity index (χ4n) is 3.05. The molecule has 0 unspecified atom stereocenters. The van der Waals surface area contributed by atoms with E-state index in [4.69, 9.17) is 14.2 Å². The second-order valence-electron chi connectivity index (χ2n) is 6.60. The summed E-state index contributed by atoms with van der Waals surface area (Å²) in [5.74, 6) is 2.85. The van der Waals surface area contributed by atoms with Gasteiger partial charge in [0.2, 0.25) is 10.0 Å². The van der Waals surface area contributed by atoms with Crippen LogP contribution in [0.1, 0.15) is 5.82 Å². The minimum Gasteiger partial charge on any atom is -0.497 e. The lowest BCUT2D eigenvalue weighted by Gasteiger charge is -2.28. The second-order valence-corrected chi connectivity index (χ2v) is 8.33. The molecule has 0 spiro atoms. The zero-order valence-corrected chi connectivity index (χ0v) is 18.2. The van der Waals surface area contributed by atoms with Crippen LogP contribution in [0.3, 0.4) is 0 Å². The number of nitrogens with one attached hydrogen (secondary N) is 2. The highest BCUT2D eigenvalue weighted by Crippen LogP contribution is 2.28. The molecule has 0 aliphatic carbocycles. The van der Waals surface area contributed by atoms with Gasteiger partial charge in [0.1, 0.15) is 33.9 Å². The highest BCUT2D eigenvalue weighted by Gasteiger charge is 2.20. The molecule has 0 atom stereocenters. The van der Waals surface area contributed by atoms with Crippen molar-refractivity contribution in [1.29, 1.82) is 0 Å². The molecule has 2 N–H and O–H groups in total. The third-order valence-corrected chi connectivity index (χ3v) is 6.04. The summed E-state index contributed by atoms with van der Waals surface area (Å²) in [4.78, 5) is 11.1. The molecule has 1 saturated heterocycles. The van der Waals surface area contributed by atoms with Crippen molar-refractivity contribution in [2.75, 3.05) is 63.8 Å². The summed E-state index contributed by atoms with van der Waals surface area (Å²) in [5.41, 5.74) is 0. The molecule has 1 aliphatic heterocycles. The van der Waals surface area contributed by atoms with Crippen LogP contribution in [-0.2, 0) is 14.8 Å². The van der Waals surface area contributed by atoms with Crippen LogP contribution in [0.5, 0.6) is 11.5 Å². The molecular formula is C19H27N5O5S. The fraction of sp³-hybridized carbons (Fsp3) is 0.474. The van der Waals surface area contributed by atoms with Gasteiger partial charge in [0, 0.05) is 38.3 Å². The molecule has 164 valence electrons. The quantitative estimate of drug-likeness (QED) is 0.555. The molecule has 3 rings (SSSR count). The normalized spacial score (nSPS) is 14.4. The van der Waals surface area contributed by atoms with Gasteiger partial charge in [-0.05, 0) is 19.1 Å². The summed E-state index contributed by atoms with van der Waals surface area (Å²) in [6.07, 6.45) is 0. The molecule has 2 aromatic rings. The van der Waals surface area contributed by atoms with Gasteiger partial charge in [0.15, 0.2) is 0 Å². The van der Waals surface area contributed by atoms with E-state index in [1.54, 1.807) is 6.07 Å².